The number of anilines is 1. The van der Waals surface area contributed by atoms with Crippen LogP contribution in [-0.2, 0) is 4.74 Å². The van der Waals surface area contributed by atoms with E-state index in [0.29, 0.717) is 28.9 Å². The Kier molecular flexibility index (Phi) is 4.68. The fourth-order valence-electron chi connectivity index (χ4n) is 3.14. The van der Waals surface area contributed by atoms with E-state index in [2.05, 4.69) is 9.88 Å². The van der Waals surface area contributed by atoms with E-state index < -0.39 is 5.97 Å². The number of carbonyl (C=O) groups excluding carboxylic acids is 1. The van der Waals surface area contributed by atoms with Gasteiger partial charge in [0.15, 0.2) is 5.13 Å². The predicted octanol–water partition coefficient (Wildman–Crippen LogP) is 5.22. The van der Waals surface area contributed by atoms with Gasteiger partial charge in [-0.25, -0.2) is 9.78 Å². The van der Waals surface area contributed by atoms with Crippen molar-refractivity contribution in [1.82, 2.24) is 4.98 Å². The van der Waals surface area contributed by atoms with Crippen molar-refractivity contribution in [3.63, 3.8) is 0 Å². The van der Waals surface area contributed by atoms with Crippen molar-refractivity contribution in [3.8, 4) is 5.75 Å². The molecule has 5 nitrogen and oxygen atoms in total. The van der Waals surface area contributed by atoms with Gasteiger partial charge in [0.2, 0.25) is 0 Å². The summed E-state index contributed by atoms with van der Waals surface area (Å²) in [4.78, 5) is 20.0. The van der Waals surface area contributed by atoms with Gasteiger partial charge in [-0.3, -0.25) is 0 Å². The van der Waals surface area contributed by atoms with Crippen LogP contribution in [0.1, 0.15) is 9.67 Å². The lowest BCUT2D eigenvalue weighted by atomic mass is 10.2. The highest BCUT2D eigenvalue weighted by Crippen LogP contribution is 2.36. The number of aromatic nitrogens is 1. The first-order chi connectivity index (χ1) is 13.7. The Bertz CT molecular complexity index is 1180. The molecule has 28 heavy (non-hydrogen) atoms. The van der Waals surface area contributed by atoms with Crippen molar-refractivity contribution in [1.29, 1.82) is 0 Å². The van der Waals surface area contributed by atoms with Crippen LogP contribution in [0.2, 0.25) is 5.02 Å². The minimum Gasteiger partial charge on any atom is -0.422 e. The lowest BCUT2D eigenvalue weighted by Gasteiger charge is -2.25. The van der Waals surface area contributed by atoms with Crippen LogP contribution in [0, 0.1) is 0 Å². The number of ether oxygens (including phenoxy) is 2. The number of morpholine rings is 1. The topological polar surface area (TPSA) is 51.7 Å². The quantitative estimate of drug-likeness (QED) is 0.329. The lowest BCUT2D eigenvalue weighted by Crippen LogP contribution is -2.36. The number of nitrogens with zero attached hydrogens (tertiary/aromatic N) is 2. The van der Waals surface area contributed by atoms with E-state index in [1.807, 2.05) is 36.4 Å². The van der Waals surface area contributed by atoms with Crippen LogP contribution < -0.4 is 9.64 Å². The third-order valence-corrected chi connectivity index (χ3v) is 7.30. The Labute approximate surface area is 174 Å². The van der Waals surface area contributed by atoms with Gasteiger partial charge in [0.1, 0.15) is 10.6 Å². The summed E-state index contributed by atoms with van der Waals surface area (Å²) in [5.41, 5.74) is 0.895. The van der Waals surface area contributed by atoms with Gasteiger partial charge in [-0.1, -0.05) is 41.1 Å². The van der Waals surface area contributed by atoms with E-state index in [4.69, 9.17) is 21.1 Å². The van der Waals surface area contributed by atoms with E-state index in [-0.39, 0.29) is 0 Å². The third kappa shape index (κ3) is 3.24. The monoisotopic (exact) mass is 430 g/mol. The molecule has 0 unspecified atom stereocenters. The number of thiazole rings is 1. The Balaban J connectivity index is 1.41. The maximum atomic E-state index is 12.7. The molecule has 0 bridgehead atoms. The molecule has 0 amide bonds. The van der Waals surface area contributed by atoms with E-state index >= 15 is 0 Å². The Morgan fingerprint density at radius 3 is 2.75 bits per heavy atom. The van der Waals surface area contributed by atoms with Crippen molar-refractivity contribution in [2.75, 3.05) is 31.2 Å². The van der Waals surface area contributed by atoms with E-state index in [1.54, 1.807) is 17.4 Å². The van der Waals surface area contributed by atoms with E-state index in [9.17, 15) is 4.79 Å². The normalized spacial score (nSPS) is 14.7. The number of fused-ring (bicyclic) bond motifs is 2. The zero-order chi connectivity index (χ0) is 19.1. The van der Waals surface area contributed by atoms with Crippen LogP contribution >= 0.6 is 34.3 Å². The molecule has 0 N–H and O–H groups in total. The lowest BCUT2D eigenvalue weighted by molar-refractivity contribution is 0.0740. The summed E-state index contributed by atoms with van der Waals surface area (Å²) in [6.45, 7) is 3.11. The number of benzene rings is 2. The maximum absolute atomic E-state index is 12.7. The largest absolute Gasteiger partial charge is 0.422 e. The first kappa shape index (κ1) is 17.9. The Morgan fingerprint density at radius 1 is 1.11 bits per heavy atom. The average molecular weight is 431 g/mol. The smallest absolute Gasteiger partial charge is 0.355 e. The van der Waals surface area contributed by atoms with E-state index in [0.717, 1.165) is 38.5 Å². The second kappa shape index (κ2) is 7.33. The summed E-state index contributed by atoms with van der Waals surface area (Å²) in [7, 11) is 0. The molecule has 142 valence electrons. The molecule has 0 saturated carbocycles. The standard InChI is InChI=1S/C20H15ClN2O3S2/c21-17-13-3-1-2-4-15(13)27-18(17)19(24)26-12-5-6-14-16(11-12)28-20(22-14)23-7-9-25-10-8-23/h1-6,11H,7-10H2. The van der Waals surface area contributed by atoms with Gasteiger partial charge < -0.3 is 14.4 Å². The van der Waals surface area contributed by atoms with E-state index in [1.165, 1.54) is 11.3 Å². The molecule has 0 aliphatic carbocycles. The Hall–Kier alpha value is -2.19. The number of hydrogen-bond acceptors (Lipinski definition) is 7. The zero-order valence-electron chi connectivity index (χ0n) is 14.7. The van der Waals surface area contributed by atoms with Crippen LogP contribution in [0.3, 0.4) is 0 Å². The van der Waals surface area contributed by atoms with Crippen LogP contribution in [0.4, 0.5) is 5.13 Å². The molecule has 5 rings (SSSR count). The predicted molar refractivity (Wildman–Crippen MR) is 114 cm³/mol. The van der Waals surface area contributed by atoms with Crippen molar-refractivity contribution >= 4 is 65.7 Å². The molecule has 1 aliphatic heterocycles. The second-order valence-electron chi connectivity index (χ2n) is 6.36. The number of hydrogen-bond donors (Lipinski definition) is 0. The summed E-state index contributed by atoms with van der Waals surface area (Å²) in [5.74, 6) is 0.0478. The van der Waals surface area contributed by atoms with Crippen LogP contribution in [0.15, 0.2) is 42.5 Å². The van der Waals surface area contributed by atoms with Crippen molar-refractivity contribution < 1.29 is 14.3 Å². The van der Waals surface area contributed by atoms with Crippen LogP contribution in [0.5, 0.6) is 5.75 Å². The number of carbonyl (C=O) groups is 1. The summed E-state index contributed by atoms with van der Waals surface area (Å²) < 4.78 is 13.0. The summed E-state index contributed by atoms with van der Waals surface area (Å²) >= 11 is 9.32. The van der Waals surface area contributed by atoms with Crippen LogP contribution in [0.25, 0.3) is 20.3 Å². The van der Waals surface area contributed by atoms with Gasteiger partial charge in [-0.2, -0.15) is 0 Å². The van der Waals surface area contributed by atoms with Gasteiger partial charge in [0.25, 0.3) is 0 Å². The summed E-state index contributed by atoms with van der Waals surface area (Å²) in [6.07, 6.45) is 0. The fourth-order valence-corrected chi connectivity index (χ4v) is 5.58. The molecule has 4 aromatic rings. The van der Waals surface area contributed by atoms with Crippen molar-refractivity contribution in [2.24, 2.45) is 0 Å². The highest BCUT2D eigenvalue weighted by atomic mass is 35.5. The third-order valence-electron chi connectivity index (χ3n) is 4.56. The molecule has 1 fully saturated rings. The average Bonchev–Trinajstić information content (AvgIpc) is 3.30. The van der Waals surface area contributed by atoms with Gasteiger partial charge >= 0.3 is 5.97 Å². The minimum absolute atomic E-state index is 0.418. The van der Waals surface area contributed by atoms with Crippen molar-refractivity contribution in [2.45, 2.75) is 0 Å². The minimum atomic E-state index is -0.441. The second-order valence-corrected chi connectivity index (χ2v) is 8.80. The molecule has 3 heterocycles. The van der Waals surface area contributed by atoms with Gasteiger partial charge in [-0.15, -0.1) is 11.3 Å². The molecule has 2 aromatic carbocycles. The molecule has 1 aliphatic rings. The molecule has 0 spiro atoms. The molecular formula is C20H15ClN2O3S2. The molecule has 2 aromatic heterocycles. The number of halogens is 1. The first-order valence-electron chi connectivity index (χ1n) is 8.81. The number of esters is 1. The van der Waals surface area contributed by atoms with Crippen molar-refractivity contribution in [3.05, 3.63) is 52.4 Å². The van der Waals surface area contributed by atoms with Gasteiger partial charge in [0, 0.05) is 29.2 Å². The highest BCUT2D eigenvalue weighted by Gasteiger charge is 2.20. The zero-order valence-corrected chi connectivity index (χ0v) is 17.1. The van der Waals surface area contributed by atoms with Gasteiger partial charge in [0.05, 0.1) is 28.5 Å². The highest BCUT2D eigenvalue weighted by molar-refractivity contribution is 7.22. The Morgan fingerprint density at radius 2 is 1.93 bits per heavy atom. The number of rotatable bonds is 3. The molecule has 0 radical (unpaired) electrons. The van der Waals surface area contributed by atoms with Gasteiger partial charge in [-0.05, 0) is 18.2 Å². The molecule has 0 atom stereocenters. The van der Waals surface area contributed by atoms with Crippen LogP contribution in [-0.4, -0.2) is 37.3 Å². The fraction of sp³-hybridized carbons (Fsp3) is 0.200. The molecular weight excluding hydrogens is 416 g/mol. The first-order valence-corrected chi connectivity index (χ1v) is 10.8. The molecule has 1 saturated heterocycles. The molecule has 8 heteroatoms. The maximum Gasteiger partial charge on any atom is 0.355 e. The summed E-state index contributed by atoms with van der Waals surface area (Å²) in [6, 6.07) is 13.2. The SMILES string of the molecule is O=C(Oc1ccc2nc(N3CCOCC3)sc2c1)c1sc2ccccc2c1Cl. The summed E-state index contributed by atoms with van der Waals surface area (Å²) in [5, 5.41) is 2.28. The number of thiophene rings is 1.